The van der Waals surface area contributed by atoms with Gasteiger partial charge in [-0.3, -0.25) is 14.4 Å². The highest BCUT2D eigenvalue weighted by Gasteiger charge is 2.39. The molecule has 0 bridgehead atoms. The summed E-state index contributed by atoms with van der Waals surface area (Å²) < 4.78 is 5.41. The molecule has 2 saturated heterocycles. The lowest BCUT2D eigenvalue weighted by Gasteiger charge is -2.32. The van der Waals surface area contributed by atoms with Crippen LogP contribution in [0, 0.1) is 11.8 Å². The lowest BCUT2D eigenvalue weighted by atomic mass is 9.96. The summed E-state index contributed by atoms with van der Waals surface area (Å²) in [6.07, 6.45) is 1.45. The van der Waals surface area contributed by atoms with E-state index in [4.69, 9.17) is 4.74 Å². The number of carboxylic acid groups (broad SMARTS) is 1. The second-order valence-corrected chi connectivity index (χ2v) is 6.79. The fourth-order valence-electron chi connectivity index (χ4n) is 3.65. The van der Waals surface area contributed by atoms with E-state index in [1.165, 1.54) is 0 Å². The first-order chi connectivity index (χ1) is 12.5. The zero-order chi connectivity index (χ0) is 18.7. The highest BCUT2D eigenvalue weighted by atomic mass is 16.5. The smallest absolute Gasteiger partial charge is 0.308 e. The Balaban J connectivity index is 1.65. The average molecular weight is 360 g/mol. The van der Waals surface area contributed by atoms with Crippen molar-refractivity contribution in [3.05, 3.63) is 24.3 Å². The van der Waals surface area contributed by atoms with Gasteiger partial charge >= 0.3 is 5.97 Å². The minimum Gasteiger partial charge on any atom is -0.494 e. The van der Waals surface area contributed by atoms with Crippen molar-refractivity contribution >= 4 is 23.5 Å². The SMILES string of the molecule is CCOc1ccc(N2C[C@@H](C(=O)N3CCC[C@@H](C(=O)O)C3)CC2=O)cc1. The Labute approximate surface area is 152 Å². The Morgan fingerprint density at radius 3 is 2.58 bits per heavy atom. The fourth-order valence-corrected chi connectivity index (χ4v) is 3.65. The van der Waals surface area contributed by atoms with Gasteiger partial charge in [0.1, 0.15) is 5.75 Å². The number of piperidine rings is 1. The van der Waals surface area contributed by atoms with Crippen LogP contribution in [0.3, 0.4) is 0 Å². The van der Waals surface area contributed by atoms with Crippen LogP contribution >= 0.6 is 0 Å². The van der Waals surface area contributed by atoms with Crippen LogP contribution in [0.5, 0.6) is 5.75 Å². The maximum absolute atomic E-state index is 12.8. The van der Waals surface area contributed by atoms with E-state index in [9.17, 15) is 19.5 Å². The Morgan fingerprint density at radius 2 is 1.92 bits per heavy atom. The van der Waals surface area contributed by atoms with E-state index in [1.54, 1.807) is 9.80 Å². The number of benzene rings is 1. The Kier molecular flexibility index (Phi) is 5.44. The molecular formula is C19H24N2O5. The van der Waals surface area contributed by atoms with Crippen molar-refractivity contribution in [3.8, 4) is 5.75 Å². The molecule has 0 saturated carbocycles. The molecule has 3 rings (SSSR count). The molecule has 0 aromatic heterocycles. The molecule has 7 heteroatoms. The minimum atomic E-state index is -0.860. The third kappa shape index (κ3) is 3.81. The molecule has 26 heavy (non-hydrogen) atoms. The van der Waals surface area contributed by atoms with Gasteiger partial charge in [0.05, 0.1) is 18.4 Å². The third-order valence-electron chi connectivity index (χ3n) is 5.02. The summed E-state index contributed by atoms with van der Waals surface area (Å²) in [6, 6.07) is 7.25. The summed E-state index contributed by atoms with van der Waals surface area (Å²) in [4.78, 5) is 39.6. The van der Waals surface area contributed by atoms with Gasteiger partial charge in [-0.15, -0.1) is 0 Å². The van der Waals surface area contributed by atoms with Gasteiger partial charge < -0.3 is 19.6 Å². The number of carbonyl (C=O) groups excluding carboxylic acids is 2. The van der Waals surface area contributed by atoms with Crippen LogP contribution in [0.25, 0.3) is 0 Å². The number of rotatable bonds is 5. The van der Waals surface area contributed by atoms with Crippen molar-refractivity contribution in [2.45, 2.75) is 26.2 Å². The summed E-state index contributed by atoms with van der Waals surface area (Å²) in [5.41, 5.74) is 0.746. The Morgan fingerprint density at radius 1 is 1.19 bits per heavy atom. The average Bonchev–Trinajstić information content (AvgIpc) is 3.04. The summed E-state index contributed by atoms with van der Waals surface area (Å²) >= 11 is 0. The van der Waals surface area contributed by atoms with Crippen LogP contribution in [0.2, 0.25) is 0 Å². The normalized spacial score (nSPS) is 23.2. The molecule has 0 unspecified atom stereocenters. The van der Waals surface area contributed by atoms with Crippen molar-refractivity contribution in [1.82, 2.24) is 4.90 Å². The molecular weight excluding hydrogens is 336 g/mol. The number of amides is 2. The van der Waals surface area contributed by atoms with E-state index in [0.29, 0.717) is 32.5 Å². The number of nitrogens with zero attached hydrogens (tertiary/aromatic N) is 2. The van der Waals surface area contributed by atoms with Crippen molar-refractivity contribution < 1.29 is 24.2 Å². The molecule has 140 valence electrons. The molecule has 2 aliphatic heterocycles. The van der Waals surface area contributed by atoms with E-state index in [-0.39, 0.29) is 24.8 Å². The number of aliphatic carboxylic acids is 1. The lowest BCUT2D eigenvalue weighted by molar-refractivity contribution is -0.146. The first kappa shape index (κ1) is 18.2. The van der Waals surface area contributed by atoms with Gasteiger partial charge in [0, 0.05) is 31.7 Å². The fraction of sp³-hybridized carbons (Fsp3) is 0.526. The van der Waals surface area contributed by atoms with Gasteiger partial charge in [-0.05, 0) is 44.0 Å². The number of anilines is 1. The molecule has 2 amide bonds. The van der Waals surface area contributed by atoms with Crippen molar-refractivity contribution in [2.75, 3.05) is 31.1 Å². The third-order valence-corrected chi connectivity index (χ3v) is 5.02. The summed E-state index contributed by atoms with van der Waals surface area (Å²) in [5, 5.41) is 9.19. The molecule has 2 aliphatic rings. The molecule has 0 aliphatic carbocycles. The maximum Gasteiger partial charge on any atom is 0.308 e. The molecule has 1 aromatic rings. The van der Waals surface area contributed by atoms with Gasteiger partial charge in [-0.1, -0.05) is 0 Å². The number of carbonyl (C=O) groups is 3. The zero-order valence-corrected chi connectivity index (χ0v) is 14.9. The van der Waals surface area contributed by atoms with Gasteiger partial charge in [0.25, 0.3) is 0 Å². The van der Waals surface area contributed by atoms with Crippen LogP contribution < -0.4 is 9.64 Å². The summed E-state index contributed by atoms with van der Waals surface area (Å²) in [6.45, 7) is 3.62. The van der Waals surface area contributed by atoms with Gasteiger partial charge in [-0.2, -0.15) is 0 Å². The second kappa shape index (κ2) is 7.76. The molecule has 2 fully saturated rings. The van der Waals surface area contributed by atoms with E-state index in [1.807, 2.05) is 31.2 Å². The molecule has 7 nitrogen and oxygen atoms in total. The maximum atomic E-state index is 12.8. The quantitative estimate of drug-likeness (QED) is 0.865. The van der Waals surface area contributed by atoms with Crippen LogP contribution in [-0.4, -0.2) is 54.0 Å². The van der Waals surface area contributed by atoms with Crippen molar-refractivity contribution in [3.63, 3.8) is 0 Å². The van der Waals surface area contributed by atoms with Crippen molar-refractivity contribution in [2.24, 2.45) is 11.8 Å². The highest BCUT2D eigenvalue weighted by molar-refractivity contribution is 6.00. The van der Waals surface area contributed by atoms with Crippen LogP contribution in [0.15, 0.2) is 24.3 Å². The van der Waals surface area contributed by atoms with Gasteiger partial charge in [-0.25, -0.2) is 0 Å². The number of carboxylic acids is 1. The largest absolute Gasteiger partial charge is 0.494 e. The van der Waals surface area contributed by atoms with E-state index in [0.717, 1.165) is 11.4 Å². The molecule has 2 atom stereocenters. The van der Waals surface area contributed by atoms with Crippen LogP contribution in [0.1, 0.15) is 26.2 Å². The van der Waals surface area contributed by atoms with E-state index < -0.39 is 17.8 Å². The zero-order valence-electron chi connectivity index (χ0n) is 14.9. The molecule has 1 N–H and O–H groups in total. The van der Waals surface area contributed by atoms with Crippen LogP contribution in [0.4, 0.5) is 5.69 Å². The first-order valence-electron chi connectivity index (χ1n) is 9.04. The Bertz CT molecular complexity index is 688. The molecule has 0 radical (unpaired) electrons. The van der Waals surface area contributed by atoms with E-state index in [2.05, 4.69) is 0 Å². The monoisotopic (exact) mass is 360 g/mol. The summed E-state index contributed by atoms with van der Waals surface area (Å²) in [7, 11) is 0. The van der Waals surface area contributed by atoms with Crippen LogP contribution in [-0.2, 0) is 14.4 Å². The topological polar surface area (TPSA) is 87.2 Å². The lowest BCUT2D eigenvalue weighted by Crippen LogP contribution is -2.45. The summed E-state index contributed by atoms with van der Waals surface area (Å²) in [5.74, 6) is -1.24. The number of ether oxygens (including phenoxy) is 1. The highest BCUT2D eigenvalue weighted by Crippen LogP contribution is 2.29. The number of likely N-dealkylation sites (tertiary alicyclic amines) is 1. The van der Waals surface area contributed by atoms with E-state index >= 15 is 0 Å². The minimum absolute atomic E-state index is 0.0840. The van der Waals surface area contributed by atoms with Crippen molar-refractivity contribution in [1.29, 1.82) is 0 Å². The molecule has 2 heterocycles. The number of hydrogen-bond acceptors (Lipinski definition) is 4. The van der Waals surface area contributed by atoms with Gasteiger partial charge in [0.2, 0.25) is 11.8 Å². The predicted molar refractivity (Wildman–Crippen MR) is 95.0 cm³/mol. The standard InChI is InChI=1S/C19H24N2O5/c1-2-26-16-7-5-15(6-8-16)21-12-14(10-17(21)22)18(23)20-9-3-4-13(11-20)19(24)25/h5-8,13-14H,2-4,9-12H2,1H3,(H,24,25)/t13-,14+/m1/s1. The first-order valence-corrected chi connectivity index (χ1v) is 9.04. The predicted octanol–water partition coefficient (Wildman–Crippen LogP) is 1.76. The molecule has 1 aromatic carbocycles. The number of hydrogen-bond donors (Lipinski definition) is 1. The second-order valence-electron chi connectivity index (χ2n) is 6.79. The Hall–Kier alpha value is -2.57. The van der Waals surface area contributed by atoms with Gasteiger partial charge in [0.15, 0.2) is 0 Å². The molecule has 0 spiro atoms.